The Bertz CT molecular complexity index is 868. The van der Waals surface area contributed by atoms with Crippen LogP contribution in [0.5, 0.6) is 0 Å². The first-order chi connectivity index (χ1) is 16.7. The molecule has 1 heterocycles. The maximum absolute atomic E-state index is 12.2. The molecule has 2 aromatic rings. The minimum atomic E-state index is -0.130. The van der Waals surface area contributed by atoms with Crippen LogP contribution in [-0.2, 0) is 29.5 Å². The number of carbonyl (C=O) groups excluding carboxylic acids is 1. The quantitative estimate of drug-likeness (QED) is 0.194. The van der Waals surface area contributed by atoms with Crippen LogP contribution in [0.25, 0.3) is 10.8 Å². The van der Waals surface area contributed by atoms with Gasteiger partial charge in [-0.1, -0.05) is 88.1 Å². The van der Waals surface area contributed by atoms with Crippen molar-refractivity contribution in [3.8, 4) is 0 Å². The molecule has 0 N–H and O–H groups in total. The number of fused-ring (bicyclic) bond motifs is 1. The van der Waals surface area contributed by atoms with Gasteiger partial charge in [0.1, 0.15) is 0 Å². The van der Waals surface area contributed by atoms with Crippen LogP contribution in [0.15, 0.2) is 42.5 Å². The van der Waals surface area contributed by atoms with Crippen molar-refractivity contribution in [1.82, 2.24) is 4.90 Å². The summed E-state index contributed by atoms with van der Waals surface area (Å²) >= 11 is 1.75. The Kier molecular flexibility index (Phi) is 12.3. The van der Waals surface area contributed by atoms with Gasteiger partial charge in [-0.25, -0.2) is 0 Å². The minimum absolute atomic E-state index is 0.116. The van der Waals surface area contributed by atoms with Gasteiger partial charge in [0.2, 0.25) is 0 Å². The van der Waals surface area contributed by atoms with Crippen molar-refractivity contribution in [1.29, 1.82) is 0 Å². The summed E-state index contributed by atoms with van der Waals surface area (Å²) in [4.78, 5) is 17.1. The van der Waals surface area contributed by atoms with Gasteiger partial charge in [0.05, 0.1) is 13.5 Å². The fourth-order valence-corrected chi connectivity index (χ4v) is 5.40. The Balaban J connectivity index is 0.00000158. The van der Waals surface area contributed by atoms with E-state index < -0.39 is 0 Å². The van der Waals surface area contributed by atoms with Gasteiger partial charge >= 0.3 is 35.1 Å². The molecule has 6 heteroatoms. The van der Waals surface area contributed by atoms with Crippen molar-refractivity contribution in [2.75, 3.05) is 18.6 Å². The molecule has 1 atom stereocenters. The van der Waals surface area contributed by atoms with E-state index in [1.807, 2.05) is 0 Å². The van der Waals surface area contributed by atoms with Crippen LogP contribution in [0.1, 0.15) is 77.0 Å². The normalized spacial score (nSPS) is 21.3. The number of hydrogen-bond donors (Lipinski definition) is 0. The summed E-state index contributed by atoms with van der Waals surface area (Å²) in [7, 11) is 6.08. The number of hydrogen-bond acceptors (Lipinski definition) is 4. The summed E-state index contributed by atoms with van der Waals surface area (Å²) in [6.45, 7) is 3.20. The number of halogens is 1. The summed E-state index contributed by atoms with van der Waals surface area (Å²) in [5, 5.41) is 2.48. The van der Waals surface area contributed by atoms with E-state index in [9.17, 15) is 4.79 Å². The Morgan fingerprint density at radius 1 is 0.941 bits per heavy atom. The van der Waals surface area contributed by atoms with E-state index in [4.69, 9.17) is 4.74 Å². The molecule has 1 unspecified atom stereocenters. The Labute approximate surface area is 222 Å². The molecule has 2 fully saturated rings. The molecule has 4 nitrogen and oxygen atoms in total. The Hall–Kier alpha value is -1.04. The van der Waals surface area contributed by atoms with E-state index in [1.165, 1.54) is 88.5 Å². The number of nitrogens with zero attached hydrogens (tertiary/aromatic N) is 2. The molecular weight excluding hydrogens is 629 g/mol. The van der Waals surface area contributed by atoms with Crippen LogP contribution >= 0.6 is 9.19 Å². The molecular formula is C28H39AuClN2O2-. The summed E-state index contributed by atoms with van der Waals surface area (Å²) < 4.78 is 5.04. The van der Waals surface area contributed by atoms with Crippen LogP contribution in [0, 0.1) is 6.67 Å². The predicted octanol–water partition coefficient (Wildman–Crippen LogP) is 7.37. The third-order valence-electron chi connectivity index (χ3n) is 7.29. The maximum atomic E-state index is 12.2. The SMILES string of the molecule is COC(=O)CC1CN(C2CCCCCCCCCCC2)[CH-]N1c1ccc2ccccc2c1.[Cl][Au]. The molecule has 1 saturated heterocycles. The van der Waals surface area contributed by atoms with Crippen molar-refractivity contribution in [2.24, 2.45) is 0 Å². The van der Waals surface area contributed by atoms with Gasteiger partial charge in [-0.2, -0.15) is 6.67 Å². The zero-order valence-corrected chi connectivity index (χ0v) is 23.3. The number of carbonyl (C=O) groups is 1. The third-order valence-corrected chi connectivity index (χ3v) is 7.29. The fourth-order valence-electron chi connectivity index (χ4n) is 5.40. The van der Waals surface area contributed by atoms with Crippen LogP contribution in [0.3, 0.4) is 0 Å². The van der Waals surface area contributed by atoms with E-state index in [1.54, 1.807) is 20.0 Å². The zero-order chi connectivity index (χ0) is 24.2. The van der Waals surface area contributed by atoms with Gasteiger partial charge in [0.25, 0.3) is 0 Å². The molecule has 2 aromatic carbocycles. The Morgan fingerprint density at radius 2 is 1.53 bits per heavy atom. The van der Waals surface area contributed by atoms with Crippen LogP contribution in [-0.4, -0.2) is 36.6 Å². The van der Waals surface area contributed by atoms with Gasteiger partial charge in [-0.05, 0) is 48.3 Å². The predicted molar refractivity (Wildman–Crippen MR) is 138 cm³/mol. The Morgan fingerprint density at radius 3 is 2.15 bits per heavy atom. The number of ether oxygens (including phenoxy) is 1. The van der Waals surface area contributed by atoms with E-state index in [-0.39, 0.29) is 12.0 Å². The molecule has 4 rings (SSSR count). The number of rotatable bonds is 4. The molecule has 0 spiro atoms. The van der Waals surface area contributed by atoms with Crippen LogP contribution in [0.4, 0.5) is 5.69 Å². The number of anilines is 1. The average Bonchev–Trinajstić information content (AvgIpc) is 3.28. The van der Waals surface area contributed by atoms with Crippen molar-refractivity contribution in [3.63, 3.8) is 0 Å². The molecule has 34 heavy (non-hydrogen) atoms. The molecule has 1 aliphatic heterocycles. The summed E-state index contributed by atoms with van der Waals surface area (Å²) in [6, 6.07) is 15.8. The zero-order valence-electron chi connectivity index (χ0n) is 20.4. The third kappa shape index (κ3) is 7.99. The van der Waals surface area contributed by atoms with Crippen LogP contribution in [0.2, 0.25) is 0 Å². The van der Waals surface area contributed by atoms with Gasteiger partial charge in [-0.3, -0.25) is 4.79 Å². The number of methoxy groups -OCH3 is 1. The molecule has 0 bridgehead atoms. The molecule has 1 saturated carbocycles. The molecule has 0 radical (unpaired) electrons. The first-order valence-electron chi connectivity index (χ1n) is 12.8. The first-order valence-corrected chi connectivity index (χ1v) is 15.5. The monoisotopic (exact) mass is 667 g/mol. The molecule has 0 aromatic heterocycles. The average molecular weight is 668 g/mol. The van der Waals surface area contributed by atoms with Gasteiger partial charge in [0, 0.05) is 11.7 Å². The standard InChI is InChI=1S/C28H39N2O2.Au.ClH/c1-32-28(31)20-27-21-29(25-15-9-7-5-3-2-4-6-8-10-16-25)22-30(27)26-18-17-23-13-11-12-14-24(23)19-26;;/h11-14,17-19,22,25,27H,2-10,15-16,20-21H2,1H3;;1H/q-1;+1;/p-1. The summed E-state index contributed by atoms with van der Waals surface area (Å²) in [6.07, 6.45) is 15.2. The van der Waals surface area contributed by atoms with Gasteiger partial charge in [0.15, 0.2) is 0 Å². The van der Waals surface area contributed by atoms with E-state index in [0.29, 0.717) is 12.5 Å². The van der Waals surface area contributed by atoms with Gasteiger partial charge < -0.3 is 14.5 Å². The van der Waals surface area contributed by atoms with Crippen molar-refractivity contribution in [3.05, 3.63) is 49.1 Å². The second-order valence-corrected chi connectivity index (χ2v) is 9.60. The van der Waals surface area contributed by atoms with Crippen LogP contribution < -0.4 is 4.90 Å². The number of esters is 1. The second kappa shape index (κ2) is 15.2. The summed E-state index contributed by atoms with van der Waals surface area (Å²) in [5.74, 6) is -0.130. The van der Waals surface area contributed by atoms with E-state index in [2.05, 4.69) is 68.1 Å². The molecule has 2 aliphatic rings. The van der Waals surface area contributed by atoms with Crippen molar-refractivity contribution >= 4 is 31.6 Å². The van der Waals surface area contributed by atoms with E-state index >= 15 is 0 Å². The van der Waals surface area contributed by atoms with Gasteiger partial charge in [-0.15, -0.1) is 0 Å². The number of benzene rings is 2. The molecule has 192 valence electrons. The molecule has 0 amide bonds. The van der Waals surface area contributed by atoms with Crippen molar-refractivity contribution < 1.29 is 29.5 Å². The first kappa shape index (κ1) is 27.5. The topological polar surface area (TPSA) is 32.8 Å². The molecule has 1 aliphatic carbocycles. The van der Waals surface area contributed by atoms with E-state index in [0.717, 1.165) is 12.2 Å². The van der Waals surface area contributed by atoms with Crippen molar-refractivity contribution in [2.45, 2.75) is 89.1 Å². The fraction of sp³-hybridized carbons (Fsp3) is 0.571. The second-order valence-electron chi connectivity index (χ2n) is 9.60. The summed E-state index contributed by atoms with van der Waals surface area (Å²) in [5.41, 5.74) is 1.16.